The number of nitrogens with one attached hydrogen (secondary N) is 2. The van der Waals surface area contributed by atoms with Crippen molar-refractivity contribution in [1.29, 1.82) is 0 Å². The Morgan fingerprint density at radius 2 is 0.365 bits per heavy atom. The number of nitrogens with zero attached hydrogens (tertiary/aromatic N) is 2. The summed E-state index contributed by atoms with van der Waals surface area (Å²) in [6.45, 7) is 0. The first-order valence-corrected chi connectivity index (χ1v) is 41.1. The number of hydrogen-bond donors (Lipinski definition) is 18. The first-order chi connectivity index (χ1) is 50.0. The second-order valence-electron chi connectivity index (χ2n) is 25.0. The van der Waals surface area contributed by atoms with Crippen molar-refractivity contribution in [1.82, 2.24) is 19.9 Å². The third-order valence-corrected chi connectivity index (χ3v) is 22.6. The van der Waals surface area contributed by atoms with Crippen LogP contribution in [-0.2, 0) is 0 Å². The van der Waals surface area contributed by atoms with Crippen molar-refractivity contribution >= 4 is 297 Å². The van der Waals surface area contributed by atoms with Gasteiger partial charge in [-0.05, 0) is 208 Å². The molecule has 3 aromatic heterocycles. The molecule has 8 bridgehead atoms. The van der Waals surface area contributed by atoms with Crippen LogP contribution in [0.2, 0.25) is 0 Å². The van der Waals surface area contributed by atoms with Gasteiger partial charge in [-0.1, -0.05) is 170 Å². The van der Waals surface area contributed by atoms with Crippen molar-refractivity contribution in [3.8, 4) is 44.5 Å². The van der Waals surface area contributed by atoms with Crippen LogP contribution in [0.5, 0.6) is 0 Å². The smallest absolute Gasteiger partial charge is 0.0737 e. The Morgan fingerprint density at radius 1 is 0.202 bits per heavy atom. The van der Waals surface area contributed by atoms with E-state index in [4.69, 9.17) is 9.97 Å². The SMILES string of the molecule is SC(S)c1cc(/C=C/c2ccc(-c3c4nc(c(-c5ccc(/C=C/c6cc(C(S)S)cc(C(S)S)c6)cc5)c5ccc([nH]5)c(-c5ccc(/C=C/c6cc(C(S)S)cc(C(S)S)c6)cc5)c5nc(c(-c6ccc(/C=C/c7cc(C(S)S)cc(C(S)S)c7)cc6)c6ccc3[nH]6)C=C5)C=C4)cc2)cc(C(S)S)c1. The molecule has 0 fully saturated rings. The van der Waals surface area contributed by atoms with Crippen LogP contribution in [0, 0.1) is 0 Å². The Labute approximate surface area is 696 Å². The van der Waals surface area contributed by atoms with Crippen LogP contribution in [0.25, 0.3) is 139 Å². The van der Waals surface area contributed by atoms with Gasteiger partial charge in [0.15, 0.2) is 0 Å². The van der Waals surface area contributed by atoms with Gasteiger partial charge in [0.1, 0.15) is 0 Å². The van der Waals surface area contributed by atoms with E-state index in [1.54, 1.807) is 0 Å². The number of aromatic nitrogens is 4. The average molecular weight is 1650 g/mol. The maximum Gasteiger partial charge on any atom is 0.0737 e. The van der Waals surface area contributed by atoms with Gasteiger partial charge in [-0.3, -0.25) is 0 Å². The summed E-state index contributed by atoms with van der Waals surface area (Å²) < 4.78 is -2.09. The molecule has 0 saturated heterocycles. The number of hydrogen-bond acceptors (Lipinski definition) is 18. The van der Waals surface area contributed by atoms with E-state index in [1.165, 1.54) is 0 Å². The normalized spacial score (nSPS) is 12.7. The van der Waals surface area contributed by atoms with Crippen LogP contribution < -0.4 is 0 Å². The number of fused-ring (bicyclic) bond motifs is 8. The lowest BCUT2D eigenvalue weighted by molar-refractivity contribution is 1.31. The van der Waals surface area contributed by atoms with Gasteiger partial charge in [0.2, 0.25) is 0 Å². The molecule has 0 saturated carbocycles. The number of thiol groups is 16. The monoisotopic (exact) mass is 1650 g/mol. The molecule has 4 nitrogen and oxygen atoms in total. The topological polar surface area (TPSA) is 57.4 Å². The van der Waals surface area contributed by atoms with Crippen molar-refractivity contribution < 1.29 is 0 Å². The van der Waals surface area contributed by atoms with Crippen LogP contribution in [0.15, 0.2) is 194 Å². The predicted molar refractivity (Wildman–Crippen MR) is 508 cm³/mol. The van der Waals surface area contributed by atoms with Gasteiger partial charge in [-0.15, -0.1) is 0 Å². The summed E-state index contributed by atoms with van der Waals surface area (Å²) in [6.07, 6.45) is 25.3. The average Bonchev–Trinajstić information content (AvgIpc) is 1.61. The summed E-state index contributed by atoms with van der Waals surface area (Å²) in [5.74, 6) is 0. The molecule has 522 valence electrons. The number of rotatable bonds is 20. The summed E-state index contributed by atoms with van der Waals surface area (Å²) in [5, 5.41) is 0. The summed E-state index contributed by atoms with van der Waals surface area (Å²) in [4.78, 5) is 19.2. The molecule has 0 spiro atoms. The molecule has 0 atom stereocenters. The zero-order valence-corrected chi connectivity index (χ0v) is 69.4. The second kappa shape index (κ2) is 34.7. The largest absolute Gasteiger partial charge is 0.354 e. The van der Waals surface area contributed by atoms with Crippen molar-refractivity contribution in [3.05, 3.63) is 306 Å². The lowest BCUT2D eigenvalue weighted by Crippen LogP contribution is -1.91. The number of H-pyrrole nitrogens is 2. The molecule has 8 aromatic carbocycles. The highest BCUT2D eigenvalue weighted by atomic mass is 32.2. The molecule has 11 aromatic rings. The Bertz CT molecular complexity index is 4630. The van der Waals surface area contributed by atoms with E-state index < -0.39 is 0 Å². The standard InChI is InChI=1S/C84H70N4S16/c89-77(90)57-33-49(34-58(41-57)78(91)92)5-1-45-9-17-53(18-10-45)73-65-25-27-67(85-65)74(54-19-11-46(12-20-54)2-6-50-35-59(79(93)94)42-60(36-50)80(95)96)69-29-31-71(87-69)76(56-23-15-48(16-24-56)4-8-52-39-63(83(101)102)44-64(40-52)84(103)104)72-32-30-70(88-72)75(68-28-26-66(73)86-68)55-21-13-47(14-22-55)3-7-51-37-61(81(97)98)43-62(38-51)82(99)100/h1-44,77-85,88-104H/b5-1+,6-2+,7-3+,8-4+,73-65?,73-66?,74-67?,74-69?,75-68?,75-70?,76-71?,76-72?. The zero-order chi connectivity index (χ0) is 73.0. The first-order valence-electron chi connectivity index (χ1n) is 32.8. The van der Waals surface area contributed by atoms with E-state index in [1.807, 2.05) is 24.3 Å². The van der Waals surface area contributed by atoms with E-state index in [-0.39, 0.29) is 36.7 Å². The van der Waals surface area contributed by atoms with E-state index in [9.17, 15) is 0 Å². The van der Waals surface area contributed by atoms with Crippen LogP contribution in [-0.4, -0.2) is 19.9 Å². The van der Waals surface area contributed by atoms with Gasteiger partial charge < -0.3 is 9.97 Å². The maximum atomic E-state index is 5.66. The van der Waals surface area contributed by atoms with Crippen molar-refractivity contribution in [2.45, 2.75) is 36.7 Å². The lowest BCUT2D eigenvalue weighted by Gasteiger charge is -2.11. The van der Waals surface area contributed by atoms with E-state index in [2.05, 4.69) is 455 Å². The molecular weight excluding hydrogens is 1580 g/mol. The molecule has 0 radical (unpaired) electrons. The van der Waals surface area contributed by atoms with Gasteiger partial charge in [0.25, 0.3) is 0 Å². The highest BCUT2D eigenvalue weighted by molar-refractivity contribution is 8.00. The van der Waals surface area contributed by atoms with Gasteiger partial charge in [-0.2, -0.15) is 202 Å². The van der Waals surface area contributed by atoms with E-state index in [0.29, 0.717) is 0 Å². The summed E-state index contributed by atoms with van der Waals surface area (Å²) in [6, 6.07) is 67.9. The molecule has 2 aliphatic rings. The summed E-state index contributed by atoms with van der Waals surface area (Å²) >= 11 is 74.2. The lowest BCUT2D eigenvalue weighted by atomic mass is 10.0. The van der Waals surface area contributed by atoms with Gasteiger partial charge in [-0.25, -0.2) is 9.97 Å². The molecule has 20 heteroatoms. The molecule has 104 heavy (non-hydrogen) atoms. The molecule has 13 rings (SSSR count). The third kappa shape index (κ3) is 18.6. The van der Waals surface area contributed by atoms with Crippen molar-refractivity contribution in [3.63, 3.8) is 0 Å². The molecular formula is C84H70N4S16. The summed E-state index contributed by atoms with van der Waals surface area (Å²) in [7, 11) is 0. The fraction of sp³-hybridized carbons (Fsp3) is 0.0952. The molecule has 0 aliphatic carbocycles. The van der Waals surface area contributed by atoms with Gasteiger partial charge in [0.05, 0.1) is 59.4 Å². The van der Waals surface area contributed by atoms with Crippen LogP contribution in [0.3, 0.4) is 0 Å². The number of benzene rings is 8. The molecule has 0 unspecified atom stereocenters. The Kier molecular flexibility index (Phi) is 25.7. The Morgan fingerprint density at radius 3 is 0.529 bits per heavy atom. The van der Waals surface area contributed by atoms with Gasteiger partial charge in [0, 0.05) is 44.3 Å². The fourth-order valence-electron chi connectivity index (χ4n) is 12.6. The van der Waals surface area contributed by atoms with Crippen LogP contribution >= 0.6 is 202 Å². The maximum absolute atomic E-state index is 5.66. The molecule has 2 aliphatic heterocycles. The third-order valence-electron chi connectivity index (χ3n) is 17.8. The highest BCUT2D eigenvalue weighted by Gasteiger charge is 2.21. The van der Waals surface area contributed by atoms with Crippen LogP contribution in [0.1, 0.15) is 148 Å². The van der Waals surface area contributed by atoms with Gasteiger partial charge >= 0.3 is 0 Å². The minimum absolute atomic E-state index is 0.261. The number of aromatic amines is 2. The quantitative estimate of drug-likeness (QED) is 0.0214. The molecule has 2 N–H and O–H groups in total. The van der Waals surface area contributed by atoms with E-state index in [0.717, 1.165) is 178 Å². The minimum Gasteiger partial charge on any atom is -0.354 e. The molecule has 0 amide bonds. The Hall–Kier alpha value is -5.08. The summed E-state index contributed by atoms with van der Waals surface area (Å²) in [5.41, 5.74) is 30.0. The minimum atomic E-state index is -0.261. The zero-order valence-electron chi connectivity index (χ0n) is 55.1. The first kappa shape index (κ1) is 77.1. The van der Waals surface area contributed by atoms with Crippen molar-refractivity contribution in [2.75, 3.05) is 0 Å². The van der Waals surface area contributed by atoms with Crippen LogP contribution in [0.4, 0.5) is 0 Å². The molecule has 5 heterocycles. The van der Waals surface area contributed by atoms with E-state index >= 15 is 0 Å². The predicted octanol–water partition coefficient (Wildman–Crippen LogP) is 26.9. The second-order valence-corrected chi connectivity index (χ2v) is 36.6. The van der Waals surface area contributed by atoms with Crippen molar-refractivity contribution in [2.24, 2.45) is 0 Å². The Balaban J connectivity index is 1.00. The highest BCUT2D eigenvalue weighted by Crippen LogP contribution is 2.42. The fourth-order valence-corrected chi connectivity index (χ4v) is 15.0.